The summed E-state index contributed by atoms with van der Waals surface area (Å²) in [6.45, 7) is 2.13. The molecular weight excluding hydrogens is 244 g/mol. The highest BCUT2D eigenvalue weighted by atomic mass is 16.5. The molecule has 0 aromatic rings. The molecule has 19 heavy (non-hydrogen) atoms. The Morgan fingerprint density at radius 2 is 2.00 bits per heavy atom. The minimum absolute atomic E-state index is 0.117. The molecule has 0 aromatic carbocycles. The van der Waals surface area contributed by atoms with Crippen LogP contribution in [0.5, 0.6) is 0 Å². The van der Waals surface area contributed by atoms with E-state index in [1.54, 1.807) is 0 Å². The van der Waals surface area contributed by atoms with Crippen LogP contribution in [0.3, 0.4) is 0 Å². The summed E-state index contributed by atoms with van der Waals surface area (Å²) in [7, 11) is 0. The fourth-order valence-corrected chi connectivity index (χ4v) is 2.61. The topological polar surface area (TPSA) is 70.6 Å². The predicted octanol–water partition coefficient (Wildman–Crippen LogP) is 1.26. The molecule has 0 bridgehead atoms. The molecule has 2 unspecified atom stereocenters. The maximum atomic E-state index is 11.7. The molecule has 2 fully saturated rings. The van der Waals surface area contributed by atoms with Crippen molar-refractivity contribution in [2.75, 3.05) is 26.4 Å². The molecule has 0 radical (unpaired) electrons. The highest BCUT2D eigenvalue weighted by molar-refractivity contribution is 5.74. The Bertz CT molecular complexity index is 282. The number of hydrogen-bond acceptors (Lipinski definition) is 3. The van der Waals surface area contributed by atoms with E-state index in [0.29, 0.717) is 13.2 Å². The number of urea groups is 1. The van der Waals surface area contributed by atoms with Crippen molar-refractivity contribution in [1.29, 1.82) is 0 Å². The van der Waals surface area contributed by atoms with Crippen LogP contribution in [0, 0.1) is 11.8 Å². The zero-order valence-corrected chi connectivity index (χ0v) is 11.6. The molecule has 0 heterocycles. The summed E-state index contributed by atoms with van der Waals surface area (Å²) < 4.78 is 5.46. The highest BCUT2D eigenvalue weighted by Gasteiger charge is 2.25. The molecule has 5 nitrogen and oxygen atoms in total. The highest BCUT2D eigenvalue weighted by Crippen LogP contribution is 2.28. The van der Waals surface area contributed by atoms with E-state index in [0.717, 1.165) is 38.2 Å². The van der Waals surface area contributed by atoms with Gasteiger partial charge in [-0.1, -0.05) is 12.8 Å². The number of nitrogens with one attached hydrogen (secondary N) is 2. The van der Waals surface area contributed by atoms with E-state index in [2.05, 4.69) is 10.6 Å². The van der Waals surface area contributed by atoms with Crippen LogP contribution in [0.4, 0.5) is 4.79 Å². The van der Waals surface area contributed by atoms with Gasteiger partial charge in [0.25, 0.3) is 0 Å². The van der Waals surface area contributed by atoms with E-state index >= 15 is 0 Å². The van der Waals surface area contributed by atoms with Gasteiger partial charge in [0, 0.05) is 31.7 Å². The molecule has 2 aliphatic carbocycles. The monoisotopic (exact) mass is 270 g/mol. The summed E-state index contributed by atoms with van der Waals surface area (Å²) in [5.74, 6) is 0.979. The van der Waals surface area contributed by atoms with Crippen molar-refractivity contribution in [2.24, 2.45) is 11.8 Å². The SMILES string of the molecule is O=C(NCCOCC1CC1)NC1CCCCC1CO. The Morgan fingerprint density at radius 3 is 2.74 bits per heavy atom. The summed E-state index contributed by atoms with van der Waals surface area (Å²) in [6.07, 6.45) is 6.84. The normalized spacial score (nSPS) is 27.0. The quantitative estimate of drug-likeness (QED) is 0.610. The Kier molecular flexibility index (Phi) is 5.92. The zero-order valence-electron chi connectivity index (χ0n) is 11.6. The van der Waals surface area contributed by atoms with Crippen LogP contribution >= 0.6 is 0 Å². The summed E-state index contributed by atoms with van der Waals surface area (Å²) in [4.78, 5) is 11.7. The number of ether oxygens (including phenoxy) is 1. The average Bonchev–Trinajstić information content (AvgIpc) is 3.23. The van der Waals surface area contributed by atoms with Gasteiger partial charge in [-0.15, -0.1) is 0 Å². The number of carbonyl (C=O) groups excluding carboxylic acids is 1. The van der Waals surface area contributed by atoms with Crippen molar-refractivity contribution in [1.82, 2.24) is 10.6 Å². The lowest BCUT2D eigenvalue weighted by molar-refractivity contribution is 0.125. The number of aliphatic hydroxyl groups is 1. The van der Waals surface area contributed by atoms with Crippen LogP contribution in [0.15, 0.2) is 0 Å². The largest absolute Gasteiger partial charge is 0.396 e. The first-order valence-electron chi connectivity index (χ1n) is 7.52. The second kappa shape index (κ2) is 7.70. The van der Waals surface area contributed by atoms with Gasteiger partial charge in [-0.05, 0) is 31.6 Å². The molecule has 5 heteroatoms. The van der Waals surface area contributed by atoms with E-state index in [4.69, 9.17) is 4.74 Å². The second-order valence-corrected chi connectivity index (χ2v) is 5.75. The molecule has 0 aromatic heterocycles. The lowest BCUT2D eigenvalue weighted by Gasteiger charge is -2.30. The van der Waals surface area contributed by atoms with Crippen LogP contribution in [0.2, 0.25) is 0 Å². The Balaban J connectivity index is 1.54. The number of carbonyl (C=O) groups is 1. The molecule has 2 rings (SSSR count). The molecule has 0 saturated heterocycles. The van der Waals surface area contributed by atoms with E-state index in [1.165, 1.54) is 12.8 Å². The molecule has 0 aliphatic heterocycles. The van der Waals surface area contributed by atoms with Crippen LogP contribution in [-0.2, 0) is 4.74 Å². The minimum Gasteiger partial charge on any atom is -0.396 e. The predicted molar refractivity (Wildman–Crippen MR) is 72.9 cm³/mol. The van der Waals surface area contributed by atoms with Crippen molar-refractivity contribution in [3.8, 4) is 0 Å². The summed E-state index contributed by atoms with van der Waals surface area (Å²) >= 11 is 0. The first kappa shape index (κ1) is 14.6. The fourth-order valence-electron chi connectivity index (χ4n) is 2.61. The van der Waals surface area contributed by atoms with Crippen molar-refractivity contribution in [3.63, 3.8) is 0 Å². The van der Waals surface area contributed by atoms with Crippen LogP contribution in [-0.4, -0.2) is 43.5 Å². The number of rotatable bonds is 7. The van der Waals surface area contributed by atoms with Gasteiger partial charge in [0.1, 0.15) is 0 Å². The Labute approximate surface area is 115 Å². The lowest BCUT2D eigenvalue weighted by atomic mass is 9.85. The Hall–Kier alpha value is -0.810. The van der Waals surface area contributed by atoms with E-state index in [9.17, 15) is 9.90 Å². The third-order valence-corrected chi connectivity index (χ3v) is 4.04. The van der Waals surface area contributed by atoms with Gasteiger partial charge in [0.2, 0.25) is 0 Å². The molecule has 2 aliphatic rings. The summed E-state index contributed by atoms with van der Waals surface area (Å²) in [6, 6.07) is -0.0218. The van der Waals surface area contributed by atoms with Gasteiger partial charge in [0.15, 0.2) is 0 Å². The molecule has 0 spiro atoms. The fraction of sp³-hybridized carbons (Fsp3) is 0.929. The van der Waals surface area contributed by atoms with Crippen LogP contribution in [0.1, 0.15) is 38.5 Å². The van der Waals surface area contributed by atoms with E-state index in [1.807, 2.05) is 0 Å². The van der Waals surface area contributed by atoms with E-state index < -0.39 is 0 Å². The third kappa shape index (κ3) is 5.37. The zero-order chi connectivity index (χ0) is 13.5. The third-order valence-electron chi connectivity index (χ3n) is 4.04. The van der Waals surface area contributed by atoms with Crippen molar-refractivity contribution >= 4 is 6.03 Å². The van der Waals surface area contributed by atoms with Crippen molar-refractivity contribution in [3.05, 3.63) is 0 Å². The van der Waals surface area contributed by atoms with Gasteiger partial charge in [0.05, 0.1) is 6.61 Å². The van der Waals surface area contributed by atoms with Gasteiger partial charge < -0.3 is 20.5 Å². The second-order valence-electron chi connectivity index (χ2n) is 5.75. The summed E-state index contributed by atoms with van der Waals surface area (Å²) in [5.41, 5.74) is 0. The molecule has 2 saturated carbocycles. The Morgan fingerprint density at radius 1 is 1.21 bits per heavy atom. The van der Waals surface area contributed by atoms with Crippen molar-refractivity contribution < 1.29 is 14.6 Å². The number of hydrogen-bond donors (Lipinski definition) is 3. The first-order chi connectivity index (χ1) is 9.29. The number of amides is 2. The molecule has 2 amide bonds. The van der Waals surface area contributed by atoms with Gasteiger partial charge in [-0.2, -0.15) is 0 Å². The molecule has 3 N–H and O–H groups in total. The van der Waals surface area contributed by atoms with Crippen LogP contribution in [0.25, 0.3) is 0 Å². The van der Waals surface area contributed by atoms with Gasteiger partial charge >= 0.3 is 6.03 Å². The van der Waals surface area contributed by atoms with Gasteiger partial charge in [-0.25, -0.2) is 4.79 Å². The first-order valence-corrected chi connectivity index (χ1v) is 7.52. The maximum absolute atomic E-state index is 11.7. The standard InChI is InChI=1S/C14H26N2O3/c17-9-12-3-1-2-4-13(12)16-14(18)15-7-8-19-10-11-5-6-11/h11-13,17H,1-10H2,(H2,15,16,18). The smallest absolute Gasteiger partial charge is 0.315 e. The molecule has 2 atom stereocenters. The average molecular weight is 270 g/mol. The number of aliphatic hydroxyl groups excluding tert-OH is 1. The van der Waals surface area contributed by atoms with Gasteiger partial charge in [-0.3, -0.25) is 0 Å². The summed E-state index contributed by atoms with van der Waals surface area (Å²) in [5, 5.41) is 15.1. The van der Waals surface area contributed by atoms with E-state index in [-0.39, 0.29) is 24.6 Å². The maximum Gasteiger partial charge on any atom is 0.315 e. The molecule has 110 valence electrons. The van der Waals surface area contributed by atoms with Crippen molar-refractivity contribution in [2.45, 2.75) is 44.6 Å². The minimum atomic E-state index is -0.139. The van der Waals surface area contributed by atoms with Crippen LogP contribution < -0.4 is 10.6 Å². The lowest BCUT2D eigenvalue weighted by Crippen LogP contribution is -2.48. The molecular formula is C14H26N2O3.